The van der Waals surface area contributed by atoms with Gasteiger partial charge in [-0.1, -0.05) is 60.7 Å². The Kier molecular flexibility index (Phi) is 6.20. The summed E-state index contributed by atoms with van der Waals surface area (Å²) in [5, 5.41) is 2.61. The van der Waals surface area contributed by atoms with Crippen molar-refractivity contribution in [1.29, 1.82) is 0 Å². The minimum atomic E-state index is -0.677. The molecule has 7 heteroatoms. The van der Waals surface area contributed by atoms with Gasteiger partial charge in [0.25, 0.3) is 0 Å². The molecule has 0 radical (unpaired) electrons. The second kappa shape index (κ2) is 9.18. The maximum absolute atomic E-state index is 12.3. The highest BCUT2D eigenvalue weighted by Gasteiger charge is 2.17. The quantitative estimate of drug-likeness (QED) is 0.655. The van der Waals surface area contributed by atoms with Crippen LogP contribution in [0.1, 0.15) is 27.5 Å². The molecule has 0 aliphatic heterocycles. The second-order valence-electron chi connectivity index (χ2n) is 5.68. The van der Waals surface area contributed by atoms with Crippen LogP contribution >= 0.6 is 0 Å². The van der Waals surface area contributed by atoms with Crippen molar-refractivity contribution in [2.75, 3.05) is 7.11 Å². The molecular weight excluding hydrogens is 360 g/mol. The molecule has 3 rings (SSSR count). The maximum Gasteiger partial charge on any atom is 0.412 e. The highest BCUT2D eigenvalue weighted by Crippen LogP contribution is 2.17. The minimum absolute atomic E-state index is 0.00378. The number of nitrogens with zero attached hydrogens (tertiary/aromatic N) is 1. The van der Waals surface area contributed by atoms with Crippen LogP contribution in [0, 0.1) is 0 Å². The molecule has 0 fully saturated rings. The van der Waals surface area contributed by atoms with Crippen molar-refractivity contribution in [2.24, 2.45) is 0 Å². The molecule has 0 spiro atoms. The Morgan fingerprint density at radius 2 is 1.75 bits per heavy atom. The number of aromatic nitrogens is 1. The van der Waals surface area contributed by atoms with Gasteiger partial charge >= 0.3 is 12.1 Å². The Morgan fingerprint density at radius 3 is 2.43 bits per heavy atom. The molecule has 1 N–H and O–H groups in total. The fourth-order valence-electron chi connectivity index (χ4n) is 2.33. The summed E-state index contributed by atoms with van der Waals surface area (Å²) in [6.07, 6.45) is 2.15. The van der Waals surface area contributed by atoms with Gasteiger partial charge in [-0.3, -0.25) is 5.32 Å². The molecule has 0 aliphatic carbocycles. The zero-order valence-electron chi connectivity index (χ0n) is 15.1. The van der Waals surface area contributed by atoms with Gasteiger partial charge < -0.3 is 13.9 Å². The number of nitrogens with one attached hydrogen (secondary N) is 1. The van der Waals surface area contributed by atoms with Crippen molar-refractivity contribution in [3.63, 3.8) is 0 Å². The number of carbonyl (C=O) groups excluding carboxylic acids is 2. The van der Waals surface area contributed by atoms with Gasteiger partial charge in [0.1, 0.15) is 18.6 Å². The number of hydrogen-bond acceptors (Lipinski definition) is 6. The number of hydrogen-bond donors (Lipinski definition) is 1. The van der Waals surface area contributed by atoms with Crippen molar-refractivity contribution in [1.82, 2.24) is 10.3 Å². The molecule has 1 amide bonds. The normalized spacial score (nSPS) is 11.0. The lowest BCUT2D eigenvalue weighted by molar-refractivity contribution is 0.0594. The molecule has 2 aromatic carbocycles. The fourth-order valence-corrected chi connectivity index (χ4v) is 2.33. The first kappa shape index (κ1) is 18.9. The van der Waals surface area contributed by atoms with Gasteiger partial charge in [0, 0.05) is 0 Å². The number of benzene rings is 2. The Balaban J connectivity index is 1.78. The monoisotopic (exact) mass is 378 g/mol. The number of rotatable bonds is 6. The first-order valence-electron chi connectivity index (χ1n) is 8.44. The molecule has 7 nitrogen and oxygen atoms in total. The van der Waals surface area contributed by atoms with Crippen molar-refractivity contribution in [3.8, 4) is 0 Å². The maximum atomic E-state index is 12.3. The average Bonchev–Trinajstić information content (AvgIpc) is 3.23. The molecule has 28 heavy (non-hydrogen) atoms. The summed E-state index contributed by atoms with van der Waals surface area (Å²) in [7, 11) is 1.25. The Labute approximate surface area is 161 Å². The van der Waals surface area contributed by atoms with E-state index < -0.39 is 12.1 Å². The lowest BCUT2D eigenvalue weighted by atomic mass is 10.2. The zero-order valence-corrected chi connectivity index (χ0v) is 15.1. The minimum Gasteiger partial charge on any atom is -0.464 e. The van der Waals surface area contributed by atoms with Gasteiger partial charge in [-0.25, -0.2) is 14.6 Å². The van der Waals surface area contributed by atoms with Crippen LogP contribution in [0.3, 0.4) is 0 Å². The van der Waals surface area contributed by atoms with E-state index in [1.54, 1.807) is 6.08 Å². The summed E-state index contributed by atoms with van der Waals surface area (Å²) >= 11 is 0. The first-order chi connectivity index (χ1) is 13.7. The Hall–Kier alpha value is -3.87. The van der Waals surface area contributed by atoms with Crippen LogP contribution in [-0.4, -0.2) is 24.2 Å². The largest absolute Gasteiger partial charge is 0.464 e. The van der Waals surface area contributed by atoms with Crippen LogP contribution < -0.4 is 5.32 Å². The van der Waals surface area contributed by atoms with E-state index in [1.807, 2.05) is 60.7 Å². The first-order valence-corrected chi connectivity index (χ1v) is 8.44. The second-order valence-corrected chi connectivity index (χ2v) is 5.68. The molecule has 142 valence electrons. The summed E-state index contributed by atoms with van der Waals surface area (Å²) in [5.41, 5.74) is 1.91. The zero-order chi connectivity index (χ0) is 19.8. The number of oxazole rings is 1. The number of carbonyl (C=O) groups is 2. The smallest absolute Gasteiger partial charge is 0.412 e. The van der Waals surface area contributed by atoms with E-state index in [2.05, 4.69) is 15.0 Å². The third-order valence-corrected chi connectivity index (χ3v) is 3.69. The van der Waals surface area contributed by atoms with Gasteiger partial charge in [0.2, 0.25) is 5.89 Å². The molecule has 0 aliphatic rings. The van der Waals surface area contributed by atoms with E-state index in [-0.39, 0.29) is 23.9 Å². The van der Waals surface area contributed by atoms with Gasteiger partial charge in [-0.2, -0.15) is 0 Å². The Morgan fingerprint density at radius 1 is 1.07 bits per heavy atom. The number of alkyl carbamates (subject to hydrolysis) is 1. The molecule has 0 saturated carbocycles. The van der Waals surface area contributed by atoms with E-state index in [0.29, 0.717) is 0 Å². The summed E-state index contributed by atoms with van der Waals surface area (Å²) in [6, 6.07) is 18.6. The SMILES string of the molecule is COC(=O)c1coc(/C(=C\c2ccccc2)NC(=O)OCc2ccccc2)n1. The molecule has 1 aromatic heterocycles. The predicted octanol–water partition coefficient (Wildman–Crippen LogP) is 3.89. The summed E-state index contributed by atoms with van der Waals surface area (Å²) in [5.74, 6) is -0.582. The van der Waals surface area contributed by atoms with Crippen LogP contribution in [-0.2, 0) is 16.1 Å². The van der Waals surface area contributed by atoms with Crippen molar-refractivity contribution >= 4 is 23.8 Å². The van der Waals surface area contributed by atoms with Crippen molar-refractivity contribution in [2.45, 2.75) is 6.61 Å². The topological polar surface area (TPSA) is 90.7 Å². The van der Waals surface area contributed by atoms with Gasteiger partial charge in [0.15, 0.2) is 5.69 Å². The summed E-state index contributed by atoms with van der Waals surface area (Å²) in [6.45, 7) is 0.115. The average molecular weight is 378 g/mol. The Bertz CT molecular complexity index is 965. The van der Waals surface area contributed by atoms with Crippen molar-refractivity contribution < 1.29 is 23.5 Å². The molecule has 1 heterocycles. The van der Waals surface area contributed by atoms with E-state index in [4.69, 9.17) is 9.15 Å². The van der Waals surface area contributed by atoms with Gasteiger partial charge in [-0.05, 0) is 17.2 Å². The lowest BCUT2D eigenvalue weighted by Crippen LogP contribution is -2.23. The number of esters is 1. The molecule has 0 unspecified atom stereocenters. The fraction of sp³-hybridized carbons (Fsp3) is 0.0952. The van der Waals surface area contributed by atoms with Crippen LogP contribution in [0.5, 0.6) is 0 Å². The summed E-state index contributed by atoms with van der Waals surface area (Å²) < 4.78 is 15.2. The standard InChI is InChI=1S/C21H18N2O5/c1-26-20(24)18-14-27-19(22-18)17(12-15-8-4-2-5-9-15)23-21(25)28-13-16-10-6-3-7-11-16/h2-12,14H,13H2,1H3,(H,23,25)/b17-12+. The van der Waals surface area contributed by atoms with Crippen LogP contribution in [0.25, 0.3) is 11.8 Å². The third-order valence-electron chi connectivity index (χ3n) is 3.69. The van der Waals surface area contributed by atoms with Gasteiger partial charge in [-0.15, -0.1) is 0 Å². The number of methoxy groups -OCH3 is 1. The highest BCUT2D eigenvalue weighted by atomic mass is 16.5. The molecular formula is C21H18N2O5. The van der Waals surface area contributed by atoms with E-state index in [9.17, 15) is 9.59 Å². The lowest BCUT2D eigenvalue weighted by Gasteiger charge is -2.08. The third kappa shape index (κ3) is 5.07. The molecule has 0 saturated heterocycles. The number of amides is 1. The number of ether oxygens (including phenoxy) is 2. The predicted molar refractivity (Wildman–Crippen MR) is 102 cm³/mol. The van der Waals surface area contributed by atoms with Crippen LogP contribution in [0.15, 0.2) is 71.3 Å². The van der Waals surface area contributed by atoms with Gasteiger partial charge in [0.05, 0.1) is 7.11 Å². The van der Waals surface area contributed by atoms with E-state index in [0.717, 1.165) is 17.4 Å². The van der Waals surface area contributed by atoms with E-state index >= 15 is 0 Å². The van der Waals surface area contributed by atoms with Crippen LogP contribution in [0.4, 0.5) is 4.79 Å². The molecule has 0 bridgehead atoms. The van der Waals surface area contributed by atoms with Crippen LogP contribution in [0.2, 0.25) is 0 Å². The molecule has 0 atom stereocenters. The van der Waals surface area contributed by atoms with Crippen molar-refractivity contribution in [3.05, 3.63) is 89.6 Å². The van der Waals surface area contributed by atoms with E-state index in [1.165, 1.54) is 7.11 Å². The molecule has 3 aromatic rings. The highest BCUT2D eigenvalue weighted by molar-refractivity contribution is 5.90. The summed E-state index contributed by atoms with van der Waals surface area (Å²) in [4.78, 5) is 27.9.